The second-order valence-electron chi connectivity index (χ2n) is 4.37. The van der Waals surface area contributed by atoms with E-state index in [1.807, 2.05) is 30.3 Å². The van der Waals surface area contributed by atoms with Crippen LogP contribution in [0, 0.1) is 0 Å². The van der Waals surface area contributed by atoms with Gasteiger partial charge in [0.2, 0.25) is 5.89 Å². The smallest absolute Gasteiger partial charge is 0.347 e. The molecule has 0 fully saturated rings. The Hall–Kier alpha value is -1.91. The summed E-state index contributed by atoms with van der Waals surface area (Å²) in [5.41, 5.74) is 1.00. The topological polar surface area (TPSA) is 43.1 Å². The fourth-order valence-electron chi connectivity index (χ4n) is 1.89. The van der Waals surface area contributed by atoms with Gasteiger partial charge < -0.3 is 4.42 Å². The molecule has 5 heteroatoms. The number of benzene rings is 2. The lowest BCUT2D eigenvalue weighted by Crippen LogP contribution is -2.03. The summed E-state index contributed by atoms with van der Waals surface area (Å²) in [4.78, 5) is 16.2. The molecule has 3 rings (SSSR count). The van der Waals surface area contributed by atoms with Crippen LogP contribution in [0.15, 0.2) is 62.2 Å². The summed E-state index contributed by atoms with van der Waals surface area (Å²) in [7, 11) is 0. The first-order chi connectivity index (χ1) is 10.1. The minimum absolute atomic E-state index is 0.114. The zero-order valence-corrected chi connectivity index (χ0v) is 13.1. The molecule has 0 aliphatic carbocycles. The second kappa shape index (κ2) is 5.84. The lowest BCUT2D eigenvalue weighted by Gasteiger charge is -2.00. The highest BCUT2D eigenvalue weighted by atomic mass is 79.9. The number of para-hydroxylation sites is 1. The van der Waals surface area contributed by atoms with Crippen molar-refractivity contribution in [2.45, 2.75) is 0 Å². The normalized spacial score (nSPS) is 11.8. The predicted octanol–water partition coefficient (Wildman–Crippen LogP) is 4.69. The Bertz CT molecular complexity index is 885. The minimum atomic E-state index is -0.446. The number of hydrogen-bond donors (Lipinski definition) is 0. The average molecular weight is 363 g/mol. The first-order valence-electron chi connectivity index (χ1n) is 6.16. The lowest BCUT2D eigenvalue weighted by molar-refractivity contribution is 0.489. The standard InChI is InChI=1S/C16H9BrClNO2/c17-11-7-5-10(6-8-11)9-13(18)15-19-14-4-2-1-3-12(14)16(20)21-15/h1-9H/b13-9-. The molecule has 0 spiro atoms. The fraction of sp³-hybridized carbons (Fsp3) is 0. The molecule has 0 radical (unpaired) electrons. The molecule has 104 valence electrons. The highest BCUT2D eigenvalue weighted by Gasteiger charge is 2.08. The molecule has 0 bridgehead atoms. The van der Waals surface area contributed by atoms with Gasteiger partial charge in [0, 0.05) is 4.47 Å². The molecule has 3 nitrogen and oxygen atoms in total. The summed E-state index contributed by atoms with van der Waals surface area (Å²) >= 11 is 9.57. The van der Waals surface area contributed by atoms with Crippen LogP contribution in [0.2, 0.25) is 0 Å². The summed E-state index contributed by atoms with van der Waals surface area (Å²) in [6, 6.07) is 14.6. The van der Waals surface area contributed by atoms with Crippen LogP contribution < -0.4 is 5.63 Å². The summed E-state index contributed by atoms with van der Waals surface area (Å²) < 4.78 is 6.15. The quantitative estimate of drug-likeness (QED) is 0.664. The van der Waals surface area contributed by atoms with Crippen molar-refractivity contribution in [3.05, 3.63) is 74.9 Å². The van der Waals surface area contributed by atoms with Crippen molar-refractivity contribution in [3.8, 4) is 0 Å². The summed E-state index contributed by atoms with van der Waals surface area (Å²) in [6.45, 7) is 0. The monoisotopic (exact) mass is 361 g/mol. The fourth-order valence-corrected chi connectivity index (χ4v) is 2.36. The maximum atomic E-state index is 11.9. The van der Waals surface area contributed by atoms with Crippen LogP contribution in [-0.4, -0.2) is 4.98 Å². The van der Waals surface area contributed by atoms with Crippen LogP contribution in [-0.2, 0) is 0 Å². The van der Waals surface area contributed by atoms with Crippen molar-refractivity contribution in [1.82, 2.24) is 4.98 Å². The van der Waals surface area contributed by atoms with Gasteiger partial charge in [0.25, 0.3) is 0 Å². The van der Waals surface area contributed by atoms with Crippen molar-refractivity contribution < 1.29 is 4.42 Å². The molecule has 0 saturated heterocycles. The third-order valence-electron chi connectivity index (χ3n) is 2.90. The largest absolute Gasteiger partial charge is 0.402 e. The number of aromatic nitrogens is 1. The summed E-state index contributed by atoms with van der Waals surface area (Å²) in [5.74, 6) is 0.114. The number of fused-ring (bicyclic) bond motifs is 1. The Kier molecular flexibility index (Phi) is 3.90. The zero-order chi connectivity index (χ0) is 14.8. The highest BCUT2D eigenvalue weighted by molar-refractivity contribution is 9.10. The summed E-state index contributed by atoms with van der Waals surface area (Å²) in [6.07, 6.45) is 1.70. The molecule has 0 saturated carbocycles. The van der Waals surface area contributed by atoms with Gasteiger partial charge >= 0.3 is 5.63 Å². The molecule has 0 aliphatic rings. The molecule has 0 unspecified atom stereocenters. The zero-order valence-electron chi connectivity index (χ0n) is 10.7. The van der Waals surface area contributed by atoms with E-state index in [1.165, 1.54) is 0 Å². The minimum Gasteiger partial charge on any atom is -0.402 e. The van der Waals surface area contributed by atoms with Crippen molar-refractivity contribution in [3.63, 3.8) is 0 Å². The van der Waals surface area contributed by atoms with E-state index in [9.17, 15) is 4.79 Å². The van der Waals surface area contributed by atoms with Crippen LogP contribution >= 0.6 is 27.5 Å². The van der Waals surface area contributed by atoms with Gasteiger partial charge in [0.05, 0.1) is 10.9 Å². The Morgan fingerprint density at radius 1 is 1.14 bits per heavy atom. The third-order valence-corrected chi connectivity index (χ3v) is 3.70. The SMILES string of the molecule is O=c1oc(/C(Cl)=C/c2ccc(Br)cc2)nc2ccccc12. The van der Waals surface area contributed by atoms with E-state index in [0.29, 0.717) is 10.9 Å². The Labute approximate surface area is 134 Å². The van der Waals surface area contributed by atoms with Crippen LogP contribution in [0.3, 0.4) is 0 Å². The van der Waals surface area contributed by atoms with Crippen molar-refractivity contribution in [1.29, 1.82) is 0 Å². The van der Waals surface area contributed by atoms with Crippen molar-refractivity contribution in [2.75, 3.05) is 0 Å². The van der Waals surface area contributed by atoms with Gasteiger partial charge in [-0.05, 0) is 35.9 Å². The number of nitrogens with zero attached hydrogens (tertiary/aromatic N) is 1. The van der Waals surface area contributed by atoms with Gasteiger partial charge in [-0.3, -0.25) is 0 Å². The van der Waals surface area contributed by atoms with E-state index in [1.54, 1.807) is 24.3 Å². The number of halogens is 2. The molecule has 0 atom stereocenters. The van der Waals surface area contributed by atoms with Gasteiger partial charge in [-0.25, -0.2) is 9.78 Å². The highest BCUT2D eigenvalue weighted by Crippen LogP contribution is 2.22. The molecule has 0 N–H and O–H groups in total. The molecule has 2 aromatic carbocycles. The Balaban J connectivity index is 2.07. The van der Waals surface area contributed by atoms with E-state index >= 15 is 0 Å². The average Bonchev–Trinajstić information content (AvgIpc) is 2.49. The summed E-state index contributed by atoms with van der Waals surface area (Å²) in [5, 5.41) is 0.717. The van der Waals surface area contributed by atoms with Gasteiger partial charge in [-0.2, -0.15) is 0 Å². The van der Waals surface area contributed by atoms with E-state index in [2.05, 4.69) is 20.9 Å². The number of hydrogen-bond acceptors (Lipinski definition) is 3. The van der Waals surface area contributed by atoms with Crippen molar-refractivity contribution in [2.24, 2.45) is 0 Å². The first-order valence-corrected chi connectivity index (χ1v) is 7.33. The second-order valence-corrected chi connectivity index (χ2v) is 5.69. The van der Waals surface area contributed by atoms with Gasteiger partial charge in [-0.15, -0.1) is 0 Å². The molecule has 1 heterocycles. The molecule has 21 heavy (non-hydrogen) atoms. The van der Waals surface area contributed by atoms with Crippen molar-refractivity contribution >= 4 is 49.5 Å². The lowest BCUT2D eigenvalue weighted by atomic mass is 10.2. The number of rotatable bonds is 2. The molecule has 0 aliphatic heterocycles. The van der Waals surface area contributed by atoms with Crippen LogP contribution in [0.4, 0.5) is 0 Å². The van der Waals surface area contributed by atoms with Gasteiger partial charge in [0.15, 0.2) is 0 Å². The third kappa shape index (κ3) is 3.06. The van der Waals surface area contributed by atoms with E-state index in [-0.39, 0.29) is 10.9 Å². The predicted molar refractivity (Wildman–Crippen MR) is 88.1 cm³/mol. The van der Waals surface area contributed by atoms with E-state index < -0.39 is 5.63 Å². The Morgan fingerprint density at radius 3 is 2.62 bits per heavy atom. The maximum Gasteiger partial charge on any atom is 0.347 e. The Morgan fingerprint density at radius 2 is 1.86 bits per heavy atom. The molecular formula is C16H9BrClNO2. The van der Waals surface area contributed by atoms with Crippen LogP contribution in [0.1, 0.15) is 11.5 Å². The van der Waals surface area contributed by atoms with Gasteiger partial charge in [0.1, 0.15) is 5.03 Å². The van der Waals surface area contributed by atoms with Crippen LogP contribution in [0.5, 0.6) is 0 Å². The van der Waals surface area contributed by atoms with E-state index in [0.717, 1.165) is 10.0 Å². The molecular weight excluding hydrogens is 354 g/mol. The van der Waals surface area contributed by atoms with E-state index in [4.69, 9.17) is 16.0 Å². The maximum absolute atomic E-state index is 11.9. The molecule has 0 amide bonds. The molecule has 1 aromatic heterocycles. The van der Waals surface area contributed by atoms with Gasteiger partial charge in [-0.1, -0.05) is 51.8 Å². The molecule has 3 aromatic rings. The van der Waals surface area contributed by atoms with Crippen LogP contribution in [0.25, 0.3) is 22.0 Å². The first kappa shape index (κ1) is 14.0.